The highest BCUT2D eigenvalue weighted by molar-refractivity contribution is 5.95. The third kappa shape index (κ3) is 10.5. The fourth-order valence-electron chi connectivity index (χ4n) is 4.87. The first-order chi connectivity index (χ1) is 21.1. The van der Waals surface area contributed by atoms with E-state index in [4.69, 9.17) is 9.47 Å². The van der Waals surface area contributed by atoms with Gasteiger partial charge in [0.15, 0.2) is 23.1 Å². The second kappa shape index (κ2) is 17.2. The number of carbonyl (C=O) groups is 4. The summed E-state index contributed by atoms with van der Waals surface area (Å²) in [6.07, 6.45) is 3.64. The Balaban J connectivity index is 1.81. The van der Waals surface area contributed by atoms with E-state index in [-0.39, 0.29) is 48.1 Å². The minimum atomic E-state index is -0.742. The molecule has 2 aliphatic heterocycles. The van der Waals surface area contributed by atoms with Crippen LogP contribution in [0.4, 0.5) is 4.39 Å². The number of halogens is 1. The molecule has 2 heterocycles. The van der Waals surface area contributed by atoms with E-state index in [0.29, 0.717) is 68.1 Å². The zero-order valence-electron chi connectivity index (χ0n) is 26.2. The number of benzene rings is 2. The number of ether oxygens (including phenoxy) is 2. The van der Waals surface area contributed by atoms with Gasteiger partial charge in [0.25, 0.3) is 5.91 Å². The Hall–Kier alpha value is -4.15. The van der Waals surface area contributed by atoms with Crippen molar-refractivity contribution in [1.82, 2.24) is 20.9 Å². The van der Waals surface area contributed by atoms with Crippen molar-refractivity contribution in [2.24, 2.45) is 5.92 Å². The van der Waals surface area contributed by atoms with Crippen molar-refractivity contribution in [2.45, 2.75) is 78.3 Å². The smallest absolute Gasteiger partial charge is 0.251 e. The van der Waals surface area contributed by atoms with Gasteiger partial charge in [-0.1, -0.05) is 33.3 Å². The third-order valence-electron chi connectivity index (χ3n) is 7.42. The molecular formula is C33H45FN4O6. The highest BCUT2D eigenvalue weighted by atomic mass is 19.1. The molecule has 3 N–H and O–H groups in total. The Kier molecular flexibility index (Phi) is 13.4. The summed E-state index contributed by atoms with van der Waals surface area (Å²) >= 11 is 0. The first-order valence-corrected chi connectivity index (χ1v) is 15.4. The molecule has 2 aromatic carbocycles. The van der Waals surface area contributed by atoms with Crippen molar-refractivity contribution in [3.8, 4) is 17.2 Å². The number of hydrogen-bond donors (Lipinski definition) is 3. The van der Waals surface area contributed by atoms with Gasteiger partial charge in [-0.15, -0.1) is 0 Å². The van der Waals surface area contributed by atoms with Crippen LogP contribution in [0.3, 0.4) is 0 Å². The first kappa shape index (κ1) is 34.3. The van der Waals surface area contributed by atoms with Gasteiger partial charge in [0.1, 0.15) is 6.04 Å². The van der Waals surface area contributed by atoms with E-state index in [0.717, 1.165) is 12.8 Å². The molecule has 1 atom stereocenters. The van der Waals surface area contributed by atoms with Gasteiger partial charge in [0.2, 0.25) is 17.7 Å². The highest BCUT2D eigenvalue weighted by Crippen LogP contribution is 2.34. The average molecular weight is 613 g/mol. The van der Waals surface area contributed by atoms with Crippen molar-refractivity contribution in [1.29, 1.82) is 0 Å². The van der Waals surface area contributed by atoms with E-state index in [2.05, 4.69) is 29.8 Å². The second-order valence-corrected chi connectivity index (χ2v) is 11.4. The lowest BCUT2D eigenvalue weighted by atomic mass is 10.1. The molecule has 0 aromatic heterocycles. The predicted octanol–water partition coefficient (Wildman–Crippen LogP) is 4.71. The Morgan fingerprint density at radius 3 is 2.55 bits per heavy atom. The van der Waals surface area contributed by atoms with Crippen LogP contribution < -0.4 is 25.4 Å². The van der Waals surface area contributed by atoms with Crippen LogP contribution >= 0.6 is 0 Å². The van der Waals surface area contributed by atoms with E-state index >= 15 is 0 Å². The van der Waals surface area contributed by atoms with E-state index in [9.17, 15) is 23.6 Å². The van der Waals surface area contributed by atoms with Crippen LogP contribution in [0, 0.1) is 11.7 Å². The van der Waals surface area contributed by atoms with Crippen molar-refractivity contribution >= 4 is 23.6 Å². The number of rotatable bonds is 6. The topological polar surface area (TPSA) is 126 Å². The van der Waals surface area contributed by atoms with Crippen molar-refractivity contribution in [3.63, 3.8) is 0 Å². The minimum Gasteiger partial charge on any atom is -0.493 e. The number of hydrogen-bond acceptors (Lipinski definition) is 6. The Bertz CT molecular complexity index is 1300. The van der Waals surface area contributed by atoms with Crippen LogP contribution in [0.2, 0.25) is 0 Å². The largest absolute Gasteiger partial charge is 0.493 e. The van der Waals surface area contributed by atoms with Gasteiger partial charge in [-0.2, -0.15) is 0 Å². The molecule has 0 spiro atoms. The number of amides is 4. The lowest BCUT2D eigenvalue weighted by Crippen LogP contribution is -2.46. The highest BCUT2D eigenvalue weighted by Gasteiger charge is 2.20. The van der Waals surface area contributed by atoms with Crippen LogP contribution in [0.5, 0.6) is 17.2 Å². The fourth-order valence-corrected chi connectivity index (χ4v) is 4.87. The van der Waals surface area contributed by atoms with E-state index in [1.165, 1.54) is 25.3 Å². The fraction of sp³-hybridized carbons (Fsp3) is 0.515. The van der Waals surface area contributed by atoms with Crippen LogP contribution in [-0.4, -0.2) is 61.3 Å². The van der Waals surface area contributed by atoms with Gasteiger partial charge >= 0.3 is 0 Å². The van der Waals surface area contributed by atoms with Crippen LogP contribution in [0.1, 0.15) is 81.6 Å². The molecule has 44 heavy (non-hydrogen) atoms. The summed E-state index contributed by atoms with van der Waals surface area (Å²) < 4.78 is 26.1. The second-order valence-electron chi connectivity index (χ2n) is 11.4. The summed E-state index contributed by atoms with van der Waals surface area (Å²) in [6.45, 7) is 7.22. The zero-order valence-corrected chi connectivity index (χ0v) is 26.2. The molecule has 0 saturated carbocycles. The maximum atomic E-state index is 15.0. The summed E-state index contributed by atoms with van der Waals surface area (Å²) in [4.78, 5) is 53.2. The monoisotopic (exact) mass is 612 g/mol. The van der Waals surface area contributed by atoms with Crippen molar-refractivity contribution in [2.75, 3.05) is 26.7 Å². The van der Waals surface area contributed by atoms with Crippen LogP contribution in [0.25, 0.3) is 0 Å². The summed E-state index contributed by atoms with van der Waals surface area (Å²) in [5.74, 6) is -0.735. The minimum absolute atomic E-state index is 0.0183. The molecular weight excluding hydrogens is 567 g/mol. The lowest BCUT2D eigenvalue weighted by Gasteiger charge is -2.23. The summed E-state index contributed by atoms with van der Waals surface area (Å²) in [5.41, 5.74) is 0.804. The van der Waals surface area contributed by atoms with E-state index in [1.54, 1.807) is 30.0 Å². The van der Waals surface area contributed by atoms with Gasteiger partial charge in [-0.05, 0) is 67.5 Å². The molecule has 2 aromatic rings. The number of methoxy groups -OCH3 is 1. The standard InChI is InChI=1S/C33H45FN4O6/c1-5-26-33(42)36-21-23-12-14-27(25(34)19-23)44-29-20-24(13-15-28(29)43-4)32(41)35-16-8-18-38(17-7-10-30(39)37-26)31(40)11-6-9-22(2)3/h12-15,19-20,22,26H,5-11,16-18,21H2,1-4H3,(H,35,41)(H,36,42)(H,37,39)/t26-/m0/s1. The van der Waals surface area contributed by atoms with Gasteiger partial charge in [-0.25, -0.2) is 4.39 Å². The zero-order chi connectivity index (χ0) is 32.1. The molecule has 4 rings (SSSR count). The van der Waals surface area contributed by atoms with Crippen LogP contribution in [-0.2, 0) is 20.9 Å². The van der Waals surface area contributed by atoms with Gasteiger partial charge in [0, 0.05) is 44.6 Å². The predicted molar refractivity (Wildman–Crippen MR) is 165 cm³/mol. The molecule has 0 aliphatic carbocycles. The van der Waals surface area contributed by atoms with Crippen LogP contribution in [0.15, 0.2) is 36.4 Å². The van der Waals surface area contributed by atoms with Gasteiger partial charge in [0.05, 0.1) is 7.11 Å². The number of fused-ring (bicyclic) bond motifs is 16. The number of nitrogens with one attached hydrogen (secondary N) is 3. The Morgan fingerprint density at radius 1 is 1.07 bits per heavy atom. The Morgan fingerprint density at radius 2 is 1.84 bits per heavy atom. The SMILES string of the molecule is CC[C@@H]1NC(=O)CCCN(C(=O)CCCC(C)C)CCCNC(=O)c2ccc(OC)c(c2)Oc2ccc(cc2F)CNC1=O. The molecule has 4 bridgehead atoms. The summed E-state index contributed by atoms with van der Waals surface area (Å²) in [5, 5.41) is 8.39. The molecule has 0 fully saturated rings. The lowest BCUT2D eigenvalue weighted by molar-refractivity contribution is -0.132. The van der Waals surface area contributed by atoms with Gasteiger partial charge in [-0.3, -0.25) is 19.2 Å². The molecule has 0 radical (unpaired) electrons. The molecule has 0 saturated heterocycles. The maximum Gasteiger partial charge on any atom is 0.251 e. The van der Waals surface area contributed by atoms with Crippen molar-refractivity contribution < 1.29 is 33.0 Å². The average Bonchev–Trinajstić information content (AvgIpc) is 3.00. The number of nitrogens with zero attached hydrogens (tertiary/aromatic N) is 1. The molecule has 2 aliphatic rings. The molecule has 10 nitrogen and oxygen atoms in total. The molecule has 240 valence electrons. The van der Waals surface area contributed by atoms with Crippen molar-refractivity contribution in [3.05, 3.63) is 53.3 Å². The normalized spacial score (nSPS) is 17.4. The van der Waals surface area contributed by atoms with E-state index < -0.39 is 11.9 Å². The molecule has 0 unspecified atom stereocenters. The van der Waals surface area contributed by atoms with Gasteiger partial charge < -0.3 is 30.3 Å². The maximum absolute atomic E-state index is 15.0. The first-order valence-electron chi connectivity index (χ1n) is 15.4. The number of carbonyl (C=O) groups excluding carboxylic acids is 4. The molecule has 4 amide bonds. The summed E-state index contributed by atoms with van der Waals surface area (Å²) in [7, 11) is 1.45. The third-order valence-corrected chi connectivity index (χ3v) is 7.42. The molecule has 11 heteroatoms. The quantitative estimate of drug-likeness (QED) is 0.434. The Labute approximate surface area is 259 Å². The summed E-state index contributed by atoms with van der Waals surface area (Å²) in [6, 6.07) is 8.21. The van der Waals surface area contributed by atoms with E-state index in [1.807, 2.05) is 0 Å².